The molecule has 7 nitrogen and oxygen atoms in total. The van der Waals surface area contributed by atoms with Gasteiger partial charge in [0.15, 0.2) is 0 Å². The van der Waals surface area contributed by atoms with Gasteiger partial charge in [-0.2, -0.15) is 0 Å². The maximum absolute atomic E-state index is 15.1. The standard InChI is InChI=1S/C33H33F2N3O4S/c1-2-21-36-33(40)31(22-25-13-5-3-6-14-25)37(23-26-15-9-10-18-28(26)34)32(39)24-38(30-20-12-11-19-29(30)35)43(41,42)27-16-7-4-8-17-27/h3-20,31H,2,21-24H2,1H3,(H,36,40)/t31-/m0/s1. The summed E-state index contributed by atoms with van der Waals surface area (Å²) in [5.74, 6) is -2.72. The highest BCUT2D eigenvalue weighted by Gasteiger charge is 2.35. The highest BCUT2D eigenvalue weighted by Crippen LogP contribution is 2.27. The third-order valence-corrected chi connectivity index (χ3v) is 8.62. The molecule has 0 unspecified atom stereocenters. The largest absolute Gasteiger partial charge is 0.354 e. The minimum Gasteiger partial charge on any atom is -0.354 e. The Hall–Kier alpha value is -4.57. The Morgan fingerprint density at radius 3 is 2.00 bits per heavy atom. The third kappa shape index (κ3) is 7.84. The van der Waals surface area contributed by atoms with Gasteiger partial charge < -0.3 is 10.2 Å². The number of carbonyl (C=O) groups is 2. The SMILES string of the molecule is CCCNC(=O)[C@H](Cc1ccccc1)N(Cc1ccccc1F)C(=O)CN(c1ccccc1F)S(=O)(=O)c1ccccc1. The average molecular weight is 606 g/mol. The zero-order chi connectivity index (χ0) is 30.8. The summed E-state index contributed by atoms with van der Waals surface area (Å²) in [5.41, 5.74) is 0.550. The fourth-order valence-electron chi connectivity index (χ4n) is 4.62. The van der Waals surface area contributed by atoms with Gasteiger partial charge in [0.05, 0.1) is 10.6 Å². The van der Waals surface area contributed by atoms with Crippen LogP contribution in [0.1, 0.15) is 24.5 Å². The van der Waals surface area contributed by atoms with E-state index >= 15 is 4.39 Å². The smallest absolute Gasteiger partial charge is 0.264 e. The van der Waals surface area contributed by atoms with Gasteiger partial charge in [-0.1, -0.05) is 85.8 Å². The summed E-state index contributed by atoms with van der Waals surface area (Å²) in [6.07, 6.45) is 0.725. The molecular formula is C33H33F2N3O4S. The minimum absolute atomic E-state index is 0.0850. The number of nitrogens with zero attached hydrogens (tertiary/aromatic N) is 2. The first kappa shape index (κ1) is 31.4. The Morgan fingerprint density at radius 1 is 0.791 bits per heavy atom. The van der Waals surface area contributed by atoms with Crippen LogP contribution >= 0.6 is 0 Å². The van der Waals surface area contributed by atoms with Crippen molar-refractivity contribution >= 4 is 27.5 Å². The van der Waals surface area contributed by atoms with E-state index in [2.05, 4.69) is 5.32 Å². The number of halogens is 2. The molecule has 0 saturated heterocycles. The summed E-state index contributed by atoms with van der Waals surface area (Å²) in [7, 11) is -4.43. The van der Waals surface area contributed by atoms with E-state index in [0.717, 1.165) is 11.6 Å². The topological polar surface area (TPSA) is 86.8 Å². The van der Waals surface area contributed by atoms with Crippen molar-refractivity contribution in [1.82, 2.24) is 10.2 Å². The number of anilines is 1. The van der Waals surface area contributed by atoms with Crippen LogP contribution in [-0.4, -0.2) is 44.3 Å². The summed E-state index contributed by atoms with van der Waals surface area (Å²) in [6.45, 7) is 1.07. The molecule has 2 amide bonds. The van der Waals surface area contributed by atoms with E-state index in [1.165, 1.54) is 65.6 Å². The van der Waals surface area contributed by atoms with Crippen LogP contribution in [0.2, 0.25) is 0 Å². The molecule has 43 heavy (non-hydrogen) atoms. The zero-order valence-corrected chi connectivity index (χ0v) is 24.5. The quantitative estimate of drug-likeness (QED) is 0.223. The first-order chi connectivity index (χ1) is 20.7. The van der Waals surface area contributed by atoms with Crippen LogP contribution in [0.5, 0.6) is 0 Å². The van der Waals surface area contributed by atoms with E-state index in [4.69, 9.17) is 0 Å². The Labute approximate surface area is 250 Å². The Bertz CT molecular complexity index is 1640. The molecule has 0 aliphatic carbocycles. The number of carbonyl (C=O) groups excluding carboxylic acids is 2. The van der Waals surface area contributed by atoms with Crippen LogP contribution in [0.25, 0.3) is 0 Å². The molecule has 0 aliphatic rings. The summed E-state index contributed by atoms with van der Waals surface area (Å²) in [4.78, 5) is 28.8. The van der Waals surface area contributed by atoms with Crippen LogP contribution in [0, 0.1) is 11.6 Å². The van der Waals surface area contributed by atoms with Gasteiger partial charge in [-0.05, 0) is 42.3 Å². The number of benzene rings is 4. The van der Waals surface area contributed by atoms with Crippen molar-refractivity contribution in [2.75, 3.05) is 17.4 Å². The van der Waals surface area contributed by atoms with Gasteiger partial charge in [-0.3, -0.25) is 13.9 Å². The van der Waals surface area contributed by atoms with Gasteiger partial charge in [0, 0.05) is 25.1 Å². The van der Waals surface area contributed by atoms with Crippen molar-refractivity contribution in [3.63, 3.8) is 0 Å². The second kappa shape index (κ2) is 14.6. The highest BCUT2D eigenvalue weighted by molar-refractivity contribution is 7.92. The molecule has 1 atom stereocenters. The van der Waals surface area contributed by atoms with Crippen molar-refractivity contribution in [3.05, 3.63) is 132 Å². The van der Waals surface area contributed by atoms with Crippen molar-refractivity contribution in [3.8, 4) is 0 Å². The molecule has 0 spiro atoms. The van der Waals surface area contributed by atoms with Crippen LogP contribution < -0.4 is 9.62 Å². The van der Waals surface area contributed by atoms with Crippen LogP contribution in [0.4, 0.5) is 14.5 Å². The average Bonchev–Trinajstić information content (AvgIpc) is 3.02. The molecular weight excluding hydrogens is 572 g/mol. The number of rotatable bonds is 13. The van der Waals surface area contributed by atoms with Gasteiger partial charge >= 0.3 is 0 Å². The molecule has 0 fully saturated rings. The first-order valence-corrected chi connectivity index (χ1v) is 15.3. The molecule has 224 valence electrons. The van der Waals surface area contributed by atoms with Crippen molar-refractivity contribution in [2.24, 2.45) is 0 Å². The lowest BCUT2D eigenvalue weighted by Gasteiger charge is -2.34. The summed E-state index contributed by atoms with van der Waals surface area (Å²) < 4.78 is 58.4. The van der Waals surface area contributed by atoms with E-state index in [9.17, 15) is 22.4 Å². The monoisotopic (exact) mass is 605 g/mol. The lowest BCUT2D eigenvalue weighted by Crippen LogP contribution is -2.53. The molecule has 0 radical (unpaired) electrons. The Balaban J connectivity index is 1.81. The van der Waals surface area contributed by atoms with Crippen LogP contribution in [0.3, 0.4) is 0 Å². The van der Waals surface area contributed by atoms with Crippen molar-refractivity contribution in [2.45, 2.75) is 37.2 Å². The lowest BCUT2D eigenvalue weighted by atomic mass is 10.0. The summed E-state index contributed by atoms with van der Waals surface area (Å²) in [6, 6.07) is 26.4. The maximum atomic E-state index is 15.1. The van der Waals surface area contributed by atoms with Crippen molar-refractivity contribution in [1.29, 1.82) is 0 Å². The fraction of sp³-hybridized carbons (Fsp3) is 0.212. The molecule has 10 heteroatoms. The number of nitrogens with one attached hydrogen (secondary N) is 1. The summed E-state index contributed by atoms with van der Waals surface area (Å²) >= 11 is 0. The number of hydrogen-bond donors (Lipinski definition) is 1. The van der Waals surface area contributed by atoms with E-state index < -0.39 is 46.1 Å². The minimum atomic E-state index is -4.43. The molecule has 0 saturated carbocycles. The predicted molar refractivity (Wildman–Crippen MR) is 162 cm³/mol. The highest BCUT2D eigenvalue weighted by atomic mass is 32.2. The van der Waals surface area contributed by atoms with E-state index in [1.807, 2.05) is 13.0 Å². The van der Waals surface area contributed by atoms with E-state index in [0.29, 0.717) is 17.3 Å². The number of amides is 2. The number of para-hydroxylation sites is 1. The lowest BCUT2D eigenvalue weighted by molar-refractivity contribution is -0.140. The van der Waals surface area contributed by atoms with E-state index in [1.54, 1.807) is 36.4 Å². The first-order valence-electron chi connectivity index (χ1n) is 13.9. The number of hydrogen-bond acceptors (Lipinski definition) is 4. The molecule has 0 aliphatic heterocycles. The predicted octanol–water partition coefficient (Wildman–Crippen LogP) is 5.33. The number of sulfonamides is 1. The van der Waals surface area contributed by atoms with Crippen molar-refractivity contribution < 1.29 is 26.8 Å². The van der Waals surface area contributed by atoms with Crippen LogP contribution in [-0.2, 0) is 32.6 Å². The normalized spacial score (nSPS) is 11.9. The molecule has 0 bridgehead atoms. The second-order valence-corrected chi connectivity index (χ2v) is 11.7. The van der Waals surface area contributed by atoms with E-state index in [-0.39, 0.29) is 29.1 Å². The fourth-order valence-corrected chi connectivity index (χ4v) is 6.06. The second-order valence-electron chi connectivity index (χ2n) is 9.89. The molecule has 4 aromatic rings. The van der Waals surface area contributed by atoms with Gasteiger partial charge in [0.25, 0.3) is 10.0 Å². The maximum Gasteiger partial charge on any atom is 0.264 e. The molecule has 0 aromatic heterocycles. The third-order valence-electron chi connectivity index (χ3n) is 6.85. The molecule has 0 heterocycles. The van der Waals surface area contributed by atoms with Gasteiger partial charge in [-0.15, -0.1) is 0 Å². The van der Waals surface area contributed by atoms with Gasteiger partial charge in [0.1, 0.15) is 24.2 Å². The molecule has 4 rings (SSSR count). The van der Waals surface area contributed by atoms with Crippen LogP contribution in [0.15, 0.2) is 114 Å². The Morgan fingerprint density at radius 2 is 1.37 bits per heavy atom. The van der Waals surface area contributed by atoms with Gasteiger partial charge in [0.2, 0.25) is 11.8 Å². The molecule has 1 N–H and O–H groups in total. The Kier molecular flexibility index (Phi) is 10.6. The zero-order valence-electron chi connectivity index (χ0n) is 23.7. The summed E-state index contributed by atoms with van der Waals surface area (Å²) in [5, 5.41) is 2.82. The van der Waals surface area contributed by atoms with Gasteiger partial charge in [-0.25, -0.2) is 17.2 Å². The molecule has 4 aromatic carbocycles.